The van der Waals surface area contributed by atoms with Crippen molar-refractivity contribution in [3.8, 4) is 27.7 Å². The van der Waals surface area contributed by atoms with E-state index in [0.29, 0.717) is 13.2 Å². The third-order valence-corrected chi connectivity index (χ3v) is 6.83. The molecular weight excluding hydrogens is 424 g/mol. The van der Waals surface area contributed by atoms with Gasteiger partial charge in [-0.1, -0.05) is 6.07 Å². The van der Waals surface area contributed by atoms with Gasteiger partial charge in [0.1, 0.15) is 5.75 Å². The Morgan fingerprint density at radius 3 is 2.69 bits per heavy atom. The zero-order chi connectivity index (χ0) is 22.5. The van der Waals surface area contributed by atoms with E-state index < -0.39 is 5.97 Å². The van der Waals surface area contributed by atoms with Crippen molar-refractivity contribution in [1.29, 1.82) is 0 Å². The first-order valence-electron chi connectivity index (χ1n) is 10.9. The average molecular weight is 453 g/mol. The van der Waals surface area contributed by atoms with E-state index in [2.05, 4.69) is 24.4 Å². The van der Waals surface area contributed by atoms with Gasteiger partial charge in [-0.15, -0.1) is 11.3 Å². The Kier molecular flexibility index (Phi) is 7.00. The summed E-state index contributed by atoms with van der Waals surface area (Å²) in [5.41, 5.74) is 4.73. The highest BCUT2D eigenvalue weighted by molar-refractivity contribution is 7.13. The highest BCUT2D eigenvalue weighted by Crippen LogP contribution is 2.37. The second-order valence-corrected chi connectivity index (χ2v) is 9.01. The molecule has 3 aromatic rings. The van der Waals surface area contributed by atoms with Crippen LogP contribution >= 0.6 is 11.3 Å². The fourth-order valence-electron chi connectivity index (χ4n) is 4.15. The molecule has 6 heteroatoms. The maximum Gasteiger partial charge on any atom is 0.303 e. The third kappa shape index (κ3) is 5.25. The van der Waals surface area contributed by atoms with Gasteiger partial charge in [0.2, 0.25) is 0 Å². The Morgan fingerprint density at radius 1 is 1.09 bits per heavy atom. The van der Waals surface area contributed by atoms with E-state index >= 15 is 0 Å². The number of aryl methyl sites for hydroxylation is 2. The first-order chi connectivity index (χ1) is 15.5. The van der Waals surface area contributed by atoms with Gasteiger partial charge in [-0.2, -0.15) is 0 Å². The quantitative estimate of drug-likeness (QED) is 0.377. The van der Waals surface area contributed by atoms with E-state index in [1.54, 1.807) is 18.4 Å². The molecule has 0 fully saturated rings. The van der Waals surface area contributed by atoms with Gasteiger partial charge in [0.15, 0.2) is 11.5 Å². The number of thiophene rings is 1. The fraction of sp³-hybridized carbons (Fsp3) is 0.346. The van der Waals surface area contributed by atoms with Crippen LogP contribution in [-0.2, 0) is 11.2 Å². The molecule has 0 saturated carbocycles. The maximum atomic E-state index is 11.0. The molecule has 0 unspecified atom stereocenters. The summed E-state index contributed by atoms with van der Waals surface area (Å²) in [4.78, 5) is 12.2. The molecule has 1 aliphatic rings. The molecule has 0 radical (unpaired) electrons. The molecule has 0 aliphatic heterocycles. The van der Waals surface area contributed by atoms with Crippen molar-refractivity contribution in [3.05, 3.63) is 64.5 Å². The molecule has 32 heavy (non-hydrogen) atoms. The summed E-state index contributed by atoms with van der Waals surface area (Å²) in [6.45, 7) is 3.17. The van der Waals surface area contributed by atoms with Gasteiger partial charge in [0, 0.05) is 11.3 Å². The van der Waals surface area contributed by atoms with Gasteiger partial charge in [-0.05, 0) is 89.7 Å². The number of carbonyl (C=O) groups is 1. The van der Waals surface area contributed by atoms with Crippen LogP contribution in [0.1, 0.15) is 41.9 Å². The van der Waals surface area contributed by atoms with E-state index in [9.17, 15) is 4.79 Å². The maximum absolute atomic E-state index is 11.0. The van der Waals surface area contributed by atoms with Crippen LogP contribution in [0.3, 0.4) is 0 Å². The lowest BCUT2D eigenvalue weighted by Gasteiger charge is -2.13. The molecule has 0 amide bonds. The fourth-order valence-corrected chi connectivity index (χ4v) is 5.05. The molecule has 2 aromatic carbocycles. The third-order valence-electron chi connectivity index (χ3n) is 5.73. The Balaban J connectivity index is 1.26. The van der Waals surface area contributed by atoms with Crippen molar-refractivity contribution in [3.63, 3.8) is 0 Å². The van der Waals surface area contributed by atoms with E-state index in [1.807, 2.05) is 30.3 Å². The molecule has 4 rings (SSSR count). The molecule has 0 saturated heterocycles. The van der Waals surface area contributed by atoms with E-state index in [-0.39, 0.29) is 12.3 Å². The Bertz CT molecular complexity index is 1090. The number of hydrogen-bond donors (Lipinski definition) is 1. The molecular formula is C26H28O5S. The standard InChI is InChI=1S/C26H28O5S/c1-17-12-25(32-16-17)20-6-9-23(24(14-20)29-2)31-11-3-10-30-21-7-8-22-18(13-21)4-5-19(22)15-26(27)28/h6-9,12-14,16,19H,3-5,10-11,15H2,1-2H3,(H,27,28)/t19-/m0/s1. The van der Waals surface area contributed by atoms with Gasteiger partial charge >= 0.3 is 5.97 Å². The van der Waals surface area contributed by atoms with Crippen molar-refractivity contribution >= 4 is 17.3 Å². The number of fused-ring (bicyclic) bond motifs is 1. The van der Waals surface area contributed by atoms with Crippen LogP contribution in [0.25, 0.3) is 10.4 Å². The molecule has 1 aliphatic carbocycles. The van der Waals surface area contributed by atoms with Crippen LogP contribution in [-0.4, -0.2) is 31.4 Å². The monoisotopic (exact) mass is 452 g/mol. The summed E-state index contributed by atoms with van der Waals surface area (Å²) in [7, 11) is 1.66. The van der Waals surface area contributed by atoms with Crippen molar-refractivity contribution < 1.29 is 24.1 Å². The van der Waals surface area contributed by atoms with Crippen LogP contribution < -0.4 is 14.2 Å². The summed E-state index contributed by atoms with van der Waals surface area (Å²) in [6.07, 6.45) is 2.75. The second kappa shape index (κ2) is 10.1. The molecule has 168 valence electrons. The smallest absolute Gasteiger partial charge is 0.303 e. The Hall–Kier alpha value is -2.99. The van der Waals surface area contributed by atoms with Crippen LogP contribution in [0.5, 0.6) is 17.2 Å². The molecule has 5 nitrogen and oxygen atoms in total. The number of methoxy groups -OCH3 is 1. The van der Waals surface area contributed by atoms with Crippen molar-refractivity contribution in [2.45, 2.75) is 38.5 Å². The lowest BCUT2D eigenvalue weighted by atomic mass is 9.98. The summed E-state index contributed by atoms with van der Waals surface area (Å²) in [5, 5.41) is 11.2. The number of aliphatic carboxylic acids is 1. The lowest BCUT2D eigenvalue weighted by Crippen LogP contribution is -2.06. The Morgan fingerprint density at radius 2 is 1.94 bits per heavy atom. The summed E-state index contributed by atoms with van der Waals surface area (Å²) >= 11 is 1.72. The number of hydrogen-bond acceptors (Lipinski definition) is 5. The van der Waals surface area contributed by atoms with Gasteiger partial charge in [0.25, 0.3) is 0 Å². The highest BCUT2D eigenvalue weighted by atomic mass is 32.1. The predicted octanol–water partition coefficient (Wildman–Crippen LogP) is 6.08. The van der Waals surface area contributed by atoms with Gasteiger partial charge in [-0.3, -0.25) is 4.79 Å². The van der Waals surface area contributed by atoms with Crippen LogP contribution in [0.15, 0.2) is 47.8 Å². The molecule has 1 atom stereocenters. The number of rotatable bonds is 10. The summed E-state index contributed by atoms with van der Waals surface area (Å²) in [5.74, 6) is 1.66. The largest absolute Gasteiger partial charge is 0.493 e. The lowest BCUT2D eigenvalue weighted by molar-refractivity contribution is -0.137. The zero-order valence-corrected chi connectivity index (χ0v) is 19.2. The van der Waals surface area contributed by atoms with Crippen LogP contribution in [0.2, 0.25) is 0 Å². The van der Waals surface area contributed by atoms with Crippen LogP contribution in [0, 0.1) is 6.92 Å². The average Bonchev–Trinajstić information content (AvgIpc) is 3.39. The van der Waals surface area contributed by atoms with Gasteiger partial charge in [-0.25, -0.2) is 0 Å². The van der Waals surface area contributed by atoms with E-state index in [1.165, 1.54) is 16.0 Å². The normalized spacial score (nSPS) is 14.8. The molecule has 1 N–H and O–H groups in total. The number of ether oxygens (including phenoxy) is 3. The highest BCUT2D eigenvalue weighted by Gasteiger charge is 2.24. The molecule has 0 bridgehead atoms. The van der Waals surface area contributed by atoms with Crippen LogP contribution in [0.4, 0.5) is 0 Å². The SMILES string of the molecule is COc1cc(-c2cc(C)cs2)ccc1OCCCOc1ccc2c(c1)CC[C@H]2CC(=O)O. The number of benzene rings is 2. The minimum absolute atomic E-state index is 0.121. The molecule has 1 aromatic heterocycles. The number of carboxylic acid groups (broad SMARTS) is 1. The zero-order valence-electron chi connectivity index (χ0n) is 18.4. The van der Waals surface area contributed by atoms with E-state index in [0.717, 1.165) is 47.6 Å². The van der Waals surface area contributed by atoms with Crippen molar-refractivity contribution in [2.75, 3.05) is 20.3 Å². The van der Waals surface area contributed by atoms with Crippen molar-refractivity contribution in [2.24, 2.45) is 0 Å². The molecule has 1 heterocycles. The second-order valence-electron chi connectivity index (χ2n) is 8.10. The number of carboxylic acids is 1. The van der Waals surface area contributed by atoms with Gasteiger partial charge in [0.05, 0.1) is 26.7 Å². The first-order valence-corrected chi connectivity index (χ1v) is 11.7. The predicted molar refractivity (Wildman–Crippen MR) is 126 cm³/mol. The minimum Gasteiger partial charge on any atom is -0.493 e. The first kappa shape index (κ1) is 22.2. The Labute approximate surface area is 192 Å². The molecule has 0 spiro atoms. The summed E-state index contributed by atoms with van der Waals surface area (Å²) < 4.78 is 17.4. The van der Waals surface area contributed by atoms with Crippen molar-refractivity contribution in [1.82, 2.24) is 0 Å². The topological polar surface area (TPSA) is 65.0 Å². The van der Waals surface area contributed by atoms with Gasteiger partial charge < -0.3 is 19.3 Å². The summed E-state index contributed by atoms with van der Waals surface area (Å²) in [6, 6.07) is 14.2. The van der Waals surface area contributed by atoms with E-state index in [4.69, 9.17) is 19.3 Å². The minimum atomic E-state index is -0.740.